The Morgan fingerprint density at radius 1 is 0.933 bits per heavy atom. The smallest absolute Gasteiger partial charge is 0.259 e. The molecule has 3 heterocycles. The average molecular weight is 402 g/mol. The number of para-hydroxylation sites is 1. The van der Waals surface area contributed by atoms with Gasteiger partial charge in [-0.1, -0.05) is 24.3 Å². The summed E-state index contributed by atoms with van der Waals surface area (Å²) in [6.07, 6.45) is 3.83. The van der Waals surface area contributed by atoms with Crippen LogP contribution in [0.5, 0.6) is 0 Å². The molecule has 2 aliphatic rings. The molecule has 154 valence electrons. The molecule has 0 bridgehead atoms. The number of carbonyl (C=O) groups excluding carboxylic acids is 1. The number of pyridine rings is 1. The number of piperazine rings is 1. The van der Waals surface area contributed by atoms with E-state index < -0.39 is 0 Å². The zero-order valence-electron chi connectivity index (χ0n) is 17.6. The van der Waals surface area contributed by atoms with Gasteiger partial charge >= 0.3 is 0 Å². The minimum Gasteiger partial charge on any atom is -0.368 e. The van der Waals surface area contributed by atoms with Gasteiger partial charge in [-0.05, 0) is 55.5 Å². The largest absolute Gasteiger partial charge is 0.368 e. The summed E-state index contributed by atoms with van der Waals surface area (Å²) < 4.78 is 2.11. The van der Waals surface area contributed by atoms with Crippen LogP contribution in [0.1, 0.15) is 33.5 Å². The van der Waals surface area contributed by atoms with Gasteiger partial charge in [-0.25, -0.2) is 0 Å². The third-order valence-electron chi connectivity index (χ3n) is 6.74. The number of carbonyl (C=O) groups is 1. The molecule has 5 heteroatoms. The fourth-order valence-corrected chi connectivity index (χ4v) is 4.91. The minimum absolute atomic E-state index is 0.132. The second kappa shape index (κ2) is 7.31. The Kier molecular flexibility index (Phi) is 4.61. The molecule has 5 rings (SSSR count). The van der Waals surface area contributed by atoms with Crippen LogP contribution in [-0.2, 0) is 13.0 Å². The summed E-state index contributed by atoms with van der Waals surface area (Å²) in [7, 11) is 0. The van der Waals surface area contributed by atoms with Crippen LogP contribution >= 0.6 is 0 Å². The van der Waals surface area contributed by atoms with Crippen LogP contribution < -0.4 is 10.3 Å². The van der Waals surface area contributed by atoms with Crippen molar-refractivity contribution in [2.75, 3.05) is 31.1 Å². The number of rotatable bonds is 2. The average Bonchev–Trinajstić information content (AvgIpc) is 2.78. The summed E-state index contributed by atoms with van der Waals surface area (Å²) in [5, 5.41) is 0.673. The molecule has 0 saturated carbocycles. The van der Waals surface area contributed by atoms with E-state index in [0.717, 1.165) is 38.0 Å². The number of hydrogen-bond acceptors (Lipinski definition) is 3. The molecule has 1 amide bonds. The third-order valence-corrected chi connectivity index (χ3v) is 6.74. The minimum atomic E-state index is -0.137. The Labute approximate surface area is 176 Å². The lowest BCUT2D eigenvalue weighted by atomic mass is 9.99. The molecule has 0 unspecified atom stereocenters. The van der Waals surface area contributed by atoms with Crippen molar-refractivity contribution < 1.29 is 4.79 Å². The fraction of sp³-hybridized carbons (Fsp3) is 0.360. The summed E-state index contributed by atoms with van der Waals surface area (Å²) in [4.78, 5) is 30.6. The summed E-state index contributed by atoms with van der Waals surface area (Å²) in [6, 6.07) is 12.3. The van der Waals surface area contributed by atoms with Crippen LogP contribution in [0, 0.1) is 13.8 Å². The van der Waals surface area contributed by atoms with Crippen LogP contribution in [0.2, 0.25) is 0 Å². The van der Waals surface area contributed by atoms with E-state index in [2.05, 4.69) is 47.6 Å². The highest BCUT2D eigenvalue weighted by Crippen LogP contribution is 2.26. The highest BCUT2D eigenvalue weighted by Gasteiger charge is 2.26. The highest BCUT2D eigenvalue weighted by atomic mass is 16.2. The molecule has 2 aromatic carbocycles. The van der Waals surface area contributed by atoms with Crippen molar-refractivity contribution in [2.24, 2.45) is 0 Å². The number of amides is 1. The van der Waals surface area contributed by atoms with Gasteiger partial charge in [-0.3, -0.25) is 9.59 Å². The van der Waals surface area contributed by atoms with E-state index in [0.29, 0.717) is 24.0 Å². The van der Waals surface area contributed by atoms with Gasteiger partial charge in [0.15, 0.2) is 0 Å². The molecule has 1 saturated heterocycles. The summed E-state index contributed by atoms with van der Waals surface area (Å²) in [6.45, 7) is 7.95. The number of anilines is 1. The lowest BCUT2D eigenvalue weighted by molar-refractivity contribution is 0.0745. The number of hydrogen-bond donors (Lipinski definition) is 0. The van der Waals surface area contributed by atoms with Crippen LogP contribution in [0.4, 0.5) is 5.69 Å². The predicted molar refractivity (Wildman–Crippen MR) is 121 cm³/mol. The maximum Gasteiger partial charge on any atom is 0.259 e. The molecule has 5 nitrogen and oxygen atoms in total. The van der Waals surface area contributed by atoms with E-state index in [-0.39, 0.29) is 11.3 Å². The zero-order chi connectivity index (χ0) is 20.8. The third kappa shape index (κ3) is 3.00. The van der Waals surface area contributed by atoms with Gasteiger partial charge < -0.3 is 14.4 Å². The normalized spacial score (nSPS) is 16.2. The maximum absolute atomic E-state index is 13.3. The van der Waals surface area contributed by atoms with Crippen LogP contribution in [0.25, 0.3) is 10.9 Å². The number of nitrogens with zero attached hydrogens (tertiary/aromatic N) is 3. The standard InChI is InChI=1S/C25H27N3O2/c1-17-6-3-10-22(18(17)2)26-12-14-27(15-13-26)25(30)21-16-28-11-5-8-19-7-4-9-20(23(19)28)24(21)29/h3-4,6-7,9-10,16H,5,8,11-15H2,1-2H3. The van der Waals surface area contributed by atoms with Crippen molar-refractivity contribution in [3.8, 4) is 0 Å². The zero-order valence-corrected chi connectivity index (χ0v) is 17.6. The topological polar surface area (TPSA) is 45.5 Å². The first-order valence-corrected chi connectivity index (χ1v) is 10.8. The van der Waals surface area contributed by atoms with E-state index in [4.69, 9.17) is 0 Å². The van der Waals surface area contributed by atoms with Gasteiger partial charge in [0.2, 0.25) is 5.43 Å². The maximum atomic E-state index is 13.3. The summed E-state index contributed by atoms with van der Waals surface area (Å²) >= 11 is 0. The number of aryl methyl sites for hydroxylation is 3. The molecular weight excluding hydrogens is 374 g/mol. The van der Waals surface area contributed by atoms with Crippen LogP contribution in [-0.4, -0.2) is 41.6 Å². The molecule has 1 fully saturated rings. The Morgan fingerprint density at radius 3 is 2.50 bits per heavy atom. The summed E-state index contributed by atoms with van der Waals surface area (Å²) in [5.74, 6) is -0.137. The molecule has 1 aromatic heterocycles. The Balaban J connectivity index is 1.41. The van der Waals surface area contributed by atoms with Crippen molar-refractivity contribution in [1.82, 2.24) is 9.47 Å². The second-order valence-corrected chi connectivity index (χ2v) is 8.48. The molecule has 30 heavy (non-hydrogen) atoms. The molecule has 3 aromatic rings. The first-order chi connectivity index (χ1) is 14.5. The van der Waals surface area contributed by atoms with E-state index in [1.165, 1.54) is 22.4 Å². The number of aromatic nitrogens is 1. The Morgan fingerprint density at radius 2 is 1.70 bits per heavy atom. The van der Waals surface area contributed by atoms with Crippen molar-refractivity contribution in [3.63, 3.8) is 0 Å². The molecule has 0 radical (unpaired) electrons. The molecule has 0 N–H and O–H groups in total. The van der Waals surface area contributed by atoms with Gasteiger partial charge in [0, 0.05) is 50.0 Å². The Bertz CT molecular complexity index is 1200. The van der Waals surface area contributed by atoms with Gasteiger partial charge in [0.25, 0.3) is 5.91 Å². The molecule has 0 spiro atoms. The lowest BCUT2D eigenvalue weighted by Gasteiger charge is -2.37. The first kappa shape index (κ1) is 18.9. The van der Waals surface area contributed by atoms with Crippen molar-refractivity contribution in [1.29, 1.82) is 0 Å². The summed E-state index contributed by atoms with van der Waals surface area (Å²) in [5.41, 5.74) is 6.20. The highest BCUT2D eigenvalue weighted by molar-refractivity contribution is 5.98. The number of benzene rings is 2. The monoisotopic (exact) mass is 401 g/mol. The molecule has 0 aliphatic carbocycles. The molecular formula is C25H27N3O2. The van der Waals surface area contributed by atoms with E-state index in [1.807, 2.05) is 17.0 Å². The predicted octanol–water partition coefficient (Wildman–Crippen LogP) is 3.53. The van der Waals surface area contributed by atoms with Crippen LogP contribution in [0.15, 0.2) is 47.4 Å². The van der Waals surface area contributed by atoms with Gasteiger partial charge in [0.05, 0.1) is 5.52 Å². The van der Waals surface area contributed by atoms with Gasteiger partial charge in [-0.15, -0.1) is 0 Å². The van der Waals surface area contributed by atoms with Crippen LogP contribution in [0.3, 0.4) is 0 Å². The quantitative estimate of drug-likeness (QED) is 0.660. The van der Waals surface area contributed by atoms with E-state index in [9.17, 15) is 9.59 Å². The SMILES string of the molecule is Cc1cccc(N2CCN(C(=O)c3cn4c5c(cccc5c3=O)CCC4)CC2)c1C. The van der Waals surface area contributed by atoms with Gasteiger partial charge in [0.1, 0.15) is 5.56 Å². The molecule has 0 atom stereocenters. The van der Waals surface area contributed by atoms with Crippen molar-refractivity contribution in [3.05, 3.63) is 75.1 Å². The van der Waals surface area contributed by atoms with Crippen molar-refractivity contribution in [2.45, 2.75) is 33.2 Å². The lowest BCUT2D eigenvalue weighted by Crippen LogP contribution is -2.49. The molecule has 2 aliphatic heterocycles. The van der Waals surface area contributed by atoms with Gasteiger partial charge in [-0.2, -0.15) is 0 Å². The fourth-order valence-electron chi connectivity index (χ4n) is 4.91. The van der Waals surface area contributed by atoms with E-state index >= 15 is 0 Å². The Hall–Kier alpha value is -3.08. The first-order valence-electron chi connectivity index (χ1n) is 10.8. The second-order valence-electron chi connectivity index (χ2n) is 8.48. The van der Waals surface area contributed by atoms with E-state index in [1.54, 1.807) is 6.20 Å². The van der Waals surface area contributed by atoms with Crippen molar-refractivity contribution >= 4 is 22.5 Å².